The van der Waals surface area contributed by atoms with Crippen molar-refractivity contribution in [3.05, 3.63) is 42.7 Å². The Kier molecular flexibility index (Phi) is 4.37. The number of pyridine rings is 1. The molecule has 6 nitrogen and oxygen atoms in total. The van der Waals surface area contributed by atoms with Crippen molar-refractivity contribution in [2.24, 2.45) is 5.92 Å². The van der Waals surface area contributed by atoms with Gasteiger partial charge < -0.3 is 14.2 Å². The lowest BCUT2D eigenvalue weighted by molar-refractivity contribution is -0.132. The first-order valence-electron chi connectivity index (χ1n) is 7.49. The van der Waals surface area contributed by atoms with Gasteiger partial charge in [0.15, 0.2) is 6.61 Å². The van der Waals surface area contributed by atoms with E-state index in [1.54, 1.807) is 29.4 Å². The minimum atomic E-state index is -0.0136. The molecule has 0 aliphatic carbocycles. The molecule has 0 bridgehead atoms. The van der Waals surface area contributed by atoms with Crippen LogP contribution in [-0.2, 0) is 17.8 Å². The Bertz CT molecular complexity index is 626. The van der Waals surface area contributed by atoms with Crippen molar-refractivity contribution in [1.29, 1.82) is 0 Å². The van der Waals surface area contributed by atoms with E-state index >= 15 is 0 Å². The van der Waals surface area contributed by atoms with Crippen molar-refractivity contribution in [2.45, 2.75) is 19.4 Å². The zero-order chi connectivity index (χ0) is 15.4. The molecule has 0 fully saturated rings. The number of fused-ring (bicyclic) bond motifs is 1. The highest BCUT2D eigenvalue weighted by Crippen LogP contribution is 2.19. The monoisotopic (exact) mass is 300 g/mol. The molecule has 3 rings (SSSR count). The van der Waals surface area contributed by atoms with E-state index in [2.05, 4.69) is 14.5 Å². The largest absolute Gasteiger partial charge is 0.482 e. The lowest BCUT2D eigenvalue weighted by Gasteiger charge is -2.28. The van der Waals surface area contributed by atoms with Crippen molar-refractivity contribution in [1.82, 2.24) is 19.4 Å². The van der Waals surface area contributed by atoms with E-state index in [0.717, 1.165) is 31.8 Å². The van der Waals surface area contributed by atoms with Gasteiger partial charge in [-0.15, -0.1) is 0 Å². The van der Waals surface area contributed by atoms with Gasteiger partial charge in [-0.1, -0.05) is 0 Å². The number of amides is 1. The van der Waals surface area contributed by atoms with Crippen molar-refractivity contribution in [3.63, 3.8) is 0 Å². The van der Waals surface area contributed by atoms with E-state index in [-0.39, 0.29) is 12.5 Å². The fourth-order valence-corrected chi connectivity index (χ4v) is 2.76. The third kappa shape index (κ3) is 3.44. The van der Waals surface area contributed by atoms with Gasteiger partial charge in [0.2, 0.25) is 0 Å². The molecular weight excluding hydrogens is 280 g/mol. The topological polar surface area (TPSA) is 60.2 Å². The van der Waals surface area contributed by atoms with Crippen LogP contribution in [0.1, 0.15) is 12.2 Å². The first kappa shape index (κ1) is 14.6. The van der Waals surface area contributed by atoms with Crippen LogP contribution in [0.25, 0.3) is 0 Å². The zero-order valence-electron chi connectivity index (χ0n) is 12.7. The highest BCUT2D eigenvalue weighted by Gasteiger charge is 2.22. The number of carbonyl (C=O) groups is 1. The van der Waals surface area contributed by atoms with Crippen LogP contribution in [0.5, 0.6) is 5.75 Å². The average molecular weight is 300 g/mol. The fraction of sp³-hybridized carbons (Fsp3) is 0.438. The quantitative estimate of drug-likeness (QED) is 0.837. The van der Waals surface area contributed by atoms with E-state index < -0.39 is 0 Å². The van der Waals surface area contributed by atoms with Gasteiger partial charge in [0.1, 0.15) is 11.6 Å². The minimum absolute atomic E-state index is 0.0136. The Morgan fingerprint density at radius 1 is 1.50 bits per heavy atom. The van der Waals surface area contributed by atoms with E-state index in [0.29, 0.717) is 11.7 Å². The number of carbonyl (C=O) groups excluding carboxylic acids is 1. The molecule has 116 valence electrons. The Balaban J connectivity index is 1.47. The summed E-state index contributed by atoms with van der Waals surface area (Å²) in [6.45, 7) is 1.72. The smallest absolute Gasteiger partial charge is 0.260 e. The van der Waals surface area contributed by atoms with Crippen molar-refractivity contribution in [2.75, 3.05) is 20.2 Å². The van der Waals surface area contributed by atoms with E-state index in [1.165, 1.54) is 0 Å². The molecule has 0 spiro atoms. The molecule has 22 heavy (non-hydrogen) atoms. The molecule has 0 N–H and O–H groups in total. The van der Waals surface area contributed by atoms with Crippen molar-refractivity contribution >= 4 is 5.91 Å². The van der Waals surface area contributed by atoms with Crippen molar-refractivity contribution in [3.8, 4) is 5.75 Å². The van der Waals surface area contributed by atoms with Gasteiger partial charge in [-0.05, 0) is 24.5 Å². The molecule has 0 radical (unpaired) electrons. The number of hydrogen-bond donors (Lipinski definition) is 0. The molecule has 0 saturated carbocycles. The third-order valence-corrected chi connectivity index (χ3v) is 3.99. The summed E-state index contributed by atoms with van der Waals surface area (Å²) in [4.78, 5) is 22.2. The lowest BCUT2D eigenvalue weighted by Crippen LogP contribution is -2.37. The number of ether oxygens (including phenoxy) is 1. The molecular formula is C16H20N4O2. The summed E-state index contributed by atoms with van der Waals surface area (Å²) in [5.41, 5.74) is 0. The van der Waals surface area contributed by atoms with Gasteiger partial charge in [0, 0.05) is 45.1 Å². The number of imidazole rings is 1. The fourth-order valence-electron chi connectivity index (χ4n) is 2.76. The highest BCUT2D eigenvalue weighted by molar-refractivity contribution is 5.77. The van der Waals surface area contributed by atoms with Crippen LogP contribution in [0.3, 0.4) is 0 Å². The van der Waals surface area contributed by atoms with Gasteiger partial charge in [-0.2, -0.15) is 0 Å². The first-order valence-corrected chi connectivity index (χ1v) is 7.49. The molecule has 1 aliphatic rings. The molecule has 1 aliphatic heterocycles. The second-order valence-corrected chi connectivity index (χ2v) is 5.65. The maximum Gasteiger partial charge on any atom is 0.260 e. The van der Waals surface area contributed by atoms with Crippen LogP contribution in [0.15, 0.2) is 36.9 Å². The number of aromatic nitrogens is 3. The third-order valence-electron chi connectivity index (χ3n) is 3.99. The summed E-state index contributed by atoms with van der Waals surface area (Å²) in [5.74, 6) is 2.21. The standard InChI is InChI=1S/C16H20N4O2/c1-19(16(21)12-22-14-3-2-6-17-9-14)10-13-4-5-15-18-7-8-20(15)11-13/h2-3,6-9,13H,4-5,10-12H2,1H3/t13-/m1/s1. The first-order chi connectivity index (χ1) is 10.7. The number of likely N-dealkylation sites (N-methyl/N-ethyl adjacent to an activating group) is 1. The Morgan fingerprint density at radius 3 is 3.23 bits per heavy atom. The van der Waals surface area contributed by atoms with Crippen LogP contribution in [-0.4, -0.2) is 45.5 Å². The minimum Gasteiger partial charge on any atom is -0.482 e. The molecule has 0 saturated heterocycles. The summed E-state index contributed by atoms with van der Waals surface area (Å²) in [6.07, 6.45) is 9.18. The van der Waals surface area contributed by atoms with Gasteiger partial charge in [-0.3, -0.25) is 9.78 Å². The maximum absolute atomic E-state index is 12.1. The van der Waals surface area contributed by atoms with Gasteiger partial charge in [-0.25, -0.2) is 4.98 Å². The predicted molar refractivity (Wildman–Crippen MR) is 81.4 cm³/mol. The summed E-state index contributed by atoms with van der Waals surface area (Å²) >= 11 is 0. The summed E-state index contributed by atoms with van der Waals surface area (Å²) in [7, 11) is 1.83. The Morgan fingerprint density at radius 2 is 2.41 bits per heavy atom. The van der Waals surface area contributed by atoms with Crippen LogP contribution >= 0.6 is 0 Å². The van der Waals surface area contributed by atoms with Crippen LogP contribution < -0.4 is 4.74 Å². The second kappa shape index (κ2) is 6.60. The van der Waals surface area contributed by atoms with Gasteiger partial charge in [0.25, 0.3) is 5.91 Å². The molecule has 0 aromatic carbocycles. The number of aryl methyl sites for hydroxylation is 1. The normalized spacial score (nSPS) is 16.9. The zero-order valence-corrected chi connectivity index (χ0v) is 12.7. The number of hydrogen-bond acceptors (Lipinski definition) is 4. The molecule has 2 aromatic rings. The van der Waals surface area contributed by atoms with E-state index in [1.807, 2.05) is 19.4 Å². The Labute approximate surface area is 129 Å². The van der Waals surface area contributed by atoms with Gasteiger partial charge in [0.05, 0.1) is 6.20 Å². The average Bonchev–Trinajstić information content (AvgIpc) is 3.01. The lowest BCUT2D eigenvalue weighted by atomic mass is 9.99. The van der Waals surface area contributed by atoms with Crippen LogP contribution in [0.2, 0.25) is 0 Å². The van der Waals surface area contributed by atoms with Crippen LogP contribution in [0.4, 0.5) is 0 Å². The summed E-state index contributed by atoms with van der Waals surface area (Å²) in [6, 6.07) is 3.58. The molecule has 6 heteroatoms. The van der Waals surface area contributed by atoms with E-state index in [4.69, 9.17) is 4.74 Å². The van der Waals surface area contributed by atoms with Crippen LogP contribution in [0, 0.1) is 5.92 Å². The highest BCUT2D eigenvalue weighted by atomic mass is 16.5. The Hall–Kier alpha value is -2.37. The van der Waals surface area contributed by atoms with Crippen molar-refractivity contribution < 1.29 is 9.53 Å². The number of nitrogens with zero attached hydrogens (tertiary/aromatic N) is 4. The summed E-state index contributed by atoms with van der Waals surface area (Å²) < 4.78 is 7.63. The molecule has 3 heterocycles. The predicted octanol–water partition coefficient (Wildman–Crippen LogP) is 1.38. The van der Waals surface area contributed by atoms with E-state index in [9.17, 15) is 4.79 Å². The number of rotatable bonds is 5. The molecule has 1 atom stereocenters. The second-order valence-electron chi connectivity index (χ2n) is 5.65. The van der Waals surface area contributed by atoms with Gasteiger partial charge >= 0.3 is 0 Å². The molecule has 1 amide bonds. The molecule has 2 aromatic heterocycles. The molecule has 0 unspecified atom stereocenters. The SMILES string of the molecule is CN(C[C@H]1CCc2nccn2C1)C(=O)COc1cccnc1. The summed E-state index contributed by atoms with van der Waals surface area (Å²) in [5, 5.41) is 0. The maximum atomic E-state index is 12.1.